The average Bonchev–Trinajstić information content (AvgIpc) is 2.94. The third-order valence-corrected chi connectivity index (χ3v) is 4.21. The first-order valence-corrected chi connectivity index (χ1v) is 7.93. The highest BCUT2D eigenvalue weighted by atomic mass is 35.5. The third-order valence-electron chi connectivity index (χ3n) is 3.60. The molecule has 3 aromatic rings. The summed E-state index contributed by atoms with van der Waals surface area (Å²) in [5.74, 6) is -0.871. The van der Waals surface area contributed by atoms with Gasteiger partial charge in [-0.3, -0.25) is 4.79 Å². The van der Waals surface area contributed by atoms with Crippen LogP contribution in [0, 0.1) is 5.82 Å². The van der Waals surface area contributed by atoms with Crippen LogP contribution < -0.4 is 5.32 Å². The number of nitrogens with zero attached hydrogens (tertiary/aromatic N) is 3. The first kappa shape index (κ1) is 16.7. The molecule has 2 aromatic carbocycles. The molecule has 0 spiro atoms. The Morgan fingerprint density at radius 3 is 2.83 bits per heavy atom. The molecule has 0 aliphatic heterocycles. The van der Waals surface area contributed by atoms with E-state index >= 15 is 0 Å². The molecule has 0 bridgehead atoms. The Labute approximate surface area is 147 Å². The van der Waals surface area contributed by atoms with Crippen molar-refractivity contribution in [3.8, 4) is 0 Å². The molecule has 1 heterocycles. The summed E-state index contributed by atoms with van der Waals surface area (Å²) in [6.45, 7) is 1.71. The van der Waals surface area contributed by atoms with E-state index in [0.29, 0.717) is 16.1 Å². The summed E-state index contributed by atoms with van der Waals surface area (Å²) in [4.78, 5) is 12.2. The van der Waals surface area contributed by atoms with Crippen molar-refractivity contribution in [3.63, 3.8) is 0 Å². The van der Waals surface area contributed by atoms with E-state index < -0.39 is 11.9 Å². The van der Waals surface area contributed by atoms with Crippen LogP contribution in [0.5, 0.6) is 0 Å². The van der Waals surface area contributed by atoms with Gasteiger partial charge in [-0.25, -0.2) is 9.07 Å². The van der Waals surface area contributed by atoms with Gasteiger partial charge in [-0.2, -0.15) is 0 Å². The zero-order valence-corrected chi connectivity index (χ0v) is 14.1. The first-order chi connectivity index (χ1) is 11.5. The Hall–Kier alpha value is -2.18. The van der Waals surface area contributed by atoms with Crippen LogP contribution in [-0.4, -0.2) is 20.9 Å². The molecule has 0 aliphatic carbocycles. The van der Waals surface area contributed by atoms with Crippen molar-refractivity contribution >= 4 is 40.1 Å². The van der Waals surface area contributed by atoms with Crippen LogP contribution in [0.1, 0.15) is 18.5 Å². The Balaban J connectivity index is 1.74. The van der Waals surface area contributed by atoms with Crippen LogP contribution in [0.25, 0.3) is 11.0 Å². The lowest BCUT2D eigenvalue weighted by Crippen LogP contribution is -2.30. The molecule has 124 valence electrons. The predicted octanol–water partition coefficient (Wildman–Crippen LogP) is 3.75. The molecular weight excluding hydrogens is 354 g/mol. The number of fused-ring (bicyclic) bond motifs is 1. The summed E-state index contributed by atoms with van der Waals surface area (Å²) >= 11 is 11.8. The van der Waals surface area contributed by atoms with Crippen molar-refractivity contribution in [1.82, 2.24) is 20.3 Å². The Morgan fingerprint density at radius 2 is 2.04 bits per heavy atom. The molecule has 0 radical (unpaired) electrons. The second kappa shape index (κ2) is 6.75. The van der Waals surface area contributed by atoms with E-state index in [4.69, 9.17) is 23.2 Å². The number of halogens is 3. The highest BCUT2D eigenvalue weighted by Gasteiger charge is 2.16. The van der Waals surface area contributed by atoms with Gasteiger partial charge in [0, 0.05) is 5.02 Å². The topological polar surface area (TPSA) is 59.8 Å². The molecule has 0 aliphatic rings. The van der Waals surface area contributed by atoms with Crippen LogP contribution in [0.2, 0.25) is 10.0 Å². The number of carbonyl (C=O) groups is 1. The molecule has 0 fully saturated rings. The van der Waals surface area contributed by atoms with Gasteiger partial charge in [-0.05, 0) is 36.8 Å². The van der Waals surface area contributed by atoms with Crippen LogP contribution >= 0.6 is 23.2 Å². The number of hydrogen-bond acceptors (Lipinski definition) is 3. The fraction of sp³-hybridized carbons (Fsp3) is 0.188. The number of carbonyl (C=O) groups excluding carboxylic acids is 1. The van der Waals surface area contributed by atoms with E-state index in [-0.39, 0.29) is 17.5 Å². The van der Waals surface area contributed by atoms with Gasteiger partial charge < -0.3 is 5.32 Å². The number of aromatic nitrogens is 3. The zero-order chi connectivity index (χ0) is 17.3. The van der Waals surface area contributed by atoms with Crippen molar-refractivity contribution in [2.24, 2.45) is 0 Å². The van der Waals surface area contributed by atoms with Crippen molar-refractivity contribution in [2.45, 2.75) is 19.5 Å². The van der Waals surface area contributed by atoms with Gasteiger partial charge in [-0.15, -0.1) is 5.10 Å². The van der Waals surface area contributed by atoms with Gasteiger partial charge in [0.1, 0.15) is 17.9 Å². The second-order valence-corrected chi connectivity index (χ2v) is 6.13. The number of amides is 1. The lowest BCUT2D eigenvalue weighted by Gasteiger charge is -2.16. The molecule has 1 N–H and O–H groups in total. The minimum atomic E-state index is -0.584. The molecule has 1 atom stereocenters. The minimum absolute atomic E-state index is 0.00144. The van der Waals surface area contributed by atoms with Crippen molar-refractivity contribution in [2.75, 3.05) is 0 Å². The molecule has 1 unspecified atom stereocenters. The first-order valence-electron chi connectivity index (χ1n) is 7.17. The Kier molecular flexibility index (Phi) is 4.69. The predicted molar refractivity (Wildman–Crippen MR) is 90.5 cm³/mol. The summed E-state index contributed by atoms with van der Waals surface area (Å²) in [5.41, 5.74) is 1.92. The number of nitrogens with one attached hydrogen (secondary N) is 1. The fourth-order valence-corrected chi connectivity index (χ4v) is 2.95. The smallest absolute Gasteiger partial charge is 0.242 e. The highest BCUT2D eigenvalue weighted by molar-refractivity contribution is 6.35. The lowest BCUT2D eigenvalue weighted by atomic mass is 10.1. The third kappa shape index (κ3) is 3.34. The van der Waals surface area contributed by atoms with Gasteiger partial charge in [0.2, 0.25) is 5.91 Å². The fourth-order valence-electron chi connectivity index (χ4n) is 2.40. The molecule has 8 heteroatoms. The Morgan fingerprint density at radius 1 is 1.29 bits per heavy atom. The average molecular weight is 367 g/mol. The molecule has 5 nitrogen and oxygen atoms in total. The number of rotatable bonds is 4. The van der Waals surface area contributed by atoms with Crippen LogP contribution in [-0.2, 0) is 11.3 Å². The van der Waals surface area contributed by atoms with Crippen molar-refractivity contribution < 1.29 is 9.18 Å². The largest absolute Gasteiger partial charge is 0.348 e. The van der Waals surface area contributed by atoms with Gasteiger partial charge in [0.05, 0.1) is 16.6 Å². The minimum Gasteiger partial charge on any atom is -0.348 e. The van der Waals surface area contributed by atoms with E-state index in [1.54, 1.807) is 6.92 Å². The molecule has 1 aromatic heterocycles. The maximum absolute atomic E-state index is 13.6. The molecule has 3 rings (SSSR count). The normalized spacial score (nSPS) is 12.3. The van der Waals surface area contributed by atoms with Gasteiger partial charge in [-0.1, -0.05) is 40.5 Å². The van der Waals surface area contributed by atoms with E-state index in [1.165, 1.54) is 16.8 Å². The molecular formula is C16H13Cl2FN4O. The second-order valence-electron chi connectivity index (χ2n) is 5.31. The van der Waals surface area contributed by atoms with Crippen LogP contribution in [0.3, 0.4) is 0 Å². The lowest BCUT2D eigenvalue weighted by molar-refractivity contribution is -0.122. The SMILES string of the molecule is CC(NC(=O)Cn1nnc2ccccc21)c1cc(F)c(Cl)cc1Cl. The van der Waals surface area contributed by atoms with Crippen molar-refractivity contribution in [1.29, 1.82) is 0 Å². The van der Waals surface area contributed by atoms with E-state index in [2.05, 4.69) is 15.6 Å². The molecule has 24 heavy (non-hydrogen) atoms. The van der Waals surface area contributed by atoms with Crippen molar-refractivity contribution in [3.05, 3.63) is 57.8 Å². The van der Waals surface area contributed by atoms with Gasteiger partial charge in [0.25, 0.3) is 0 Å². The molecule has 0 saturated carbocycles. The zero-order valence-electron chi connectivity index (χ0n) is 12.6. The monoisotopic (exact) mass is 366 g/mol. The molecule has 0 saturated heterocycles. The summed E-state index contributed by atoms with van der Waals surface area (Å²) < 4.78 is 15.1. The summed E-state index contributed by atoms with van der Waals surface area (Å²) in [7, 11) is 0. The maximum Gasteiger partial charge on any atom is 0.242 e. The standard InChI is InChI=1S/C16H13Cl2FN4O/c1-9(10-6-13(19)12(18)7-11(10)17)20-16(24)8-23-15-5-3-2-4-14(15)21-22-23/h2-7,9H,8H2,1H3,(H,20,24). The van der Waals surface area contributed by atoms with Gasteiger partial charge in [0.15, 0.2) is 0 Å². The highest BCUT2D eigenvalue weighted by Crippen LogP contribution is 2.28. The summed E-state index contributed by atoms with van der Waals surface area (Å²) in [6, 6.07) is 9.40. The number of para-hydroxylation sites is 1. The Bertz CT molecular complexity index is 912. The quantitative estimate of drug-likeness (QED) is 0.715. The van der Waals surface area contributed by atoms with E-state index in [0.717, 1.165) is 5.52 Å². The van der Waals surface area contributed by atoms with Crippen LogP contribution in [0.15, 0.2) is 36.4 Å². The van der Waals surface area contributed by atoms with Gasteiger partial charge >= 0.3 is 0 Å². The summed E-state index contributed by atoms with van der Waals surface area (Å²) in [5, 5.41) is 11.0. The van der Waals surface area contributed by atoms with E-state index in [9.17, 15) is 9.18 Å². The molecule has 1 amide bonds. The number of benzene rings is 2. The van der Waals surface area contributed by atoms with Crippen LogP contribution in [0.4, 0.5) is 4.39 Å². The number of hydrogen-bond donors (Lipinski definition) is 1. The van der Waals surface area contributed by atoms with E-state index in [1.807, 2.05) is 24.3 Å². The summed E-state index contributed by atoms with van der Waals surface area (Å²) in [6.07, 6.45) is 0. The maximum atomic E-state index is 13.6.